The van der Waals surface area contributed by atoms with Crippen molar-refractivity contribution in [2.75, 3.05) is 25.6 Å². The lowest BCUT2D eigenvalue weighted by Crippen LogP contribution is -2.29. The molecule has 1 rings (SSSR count). The Hall–Kier alpha value is -0.560. The van der Waals surface area contributed by atoms with E-state index in [1.165, 1.54) is 4.31 Å². The SMILES string of the molecule is CSCCN(C)S(=O)(=O)c1ccc(CN)cc1. The third-order valence-corrected chi connectivity index (χ3v) is 4.94. The maximum Gasteiger partial charge on any atom is 0.242 e. The zero-order valence-corrected chi connectivity index (χ0v) is 11.7. The van der Waals surface area contributed by atoms with E-state index in [9.17, 15) is 8.42 Å². The van der Waals surface area contributed by atoms with Crippen LogP contribution in [0.3, 0.4) is 0 Å². The molecule has 96 valence electrons. The number of hydrogen-bond acceptors (Lipinski definition) is 4. The summed E-state index contributed by atoms with van der Waals surface area (Å²) in [4.78, 5) is 0.318. The zero-order valence-electron chi connectivity index (χ0n) is 10.1. The Labute approximate surface area is 107 Å². The molecule has 0 unspecified atom stereocenters. The number of sulfonamides is 1. The van der Waals surface area contributed by atoms with Gasteiger partial charge in [0.2, 0.25) is 10.0 Å². The van der Waals surface area contributed by atoms with E-state index >= 15 is 0 Å². The summed E-state index contributed by atoms with van der Waals surface area (Å²) in [7, 11) is -1.76. The molecule has 0 saturated carbocycles. The highest BCUT2D eigenvalue weighted by molar-refractivity contribution is 7.98. The maximum absolute atomic E-state index is 12.1. The molecule has 4 nitrogen and oxygen atoms in total. The summed E-state index contributed by atoms with van der Waals surface area (Å²) >= 11 is 1.62. The average Bonchev–Trinajstić information content (AvgIpc) is 2.35. The molecule has 17 heavy (non-hydrogen) atoms. The first-order chi connectivity index (χ1) is 8.02. The van der Waals surface area contributed by atoms with Gasteiger partial charge in [-0.25, -0.2) is 12.7 Å². The lowest BCUT2D eigenvalue weighted by atomic mass is 10.2. The van der Waals surface area contributed by atoms with E-state index in [0.29, 0.717) is 18.0 Å². The number of thioether (sulfide) groups is 1. The third kappa shape index (κ3) is 3.70. The molecule has 0 aromatic heterocycles. The predicted molar refractivity (Wildman–Crippen MR) is 72.5 cm³/mol. The van der Waals surface area contributed by atoms with Gasteiger partial charge in [-0.15, -0.1) is 0 Å². The van der Waals surface area contributed by atoms with Crippen LogP contribution in [-0.4, -0.2) is 38.3 Å². The molecule has 1 aromatic rings. The Kier molecular flexibility index (Phi) is 5.45. The summed E-state index contributed by atoms with van der Waals surface area (Å²) in [5.41, 5.74) is 6.40. The summed E-state index contributed by atoms with van der Waals surface area (Å²) in [5, 5.41) is 0. The average molecular weight is 274 g/mol. The first-order valence-corrected chi connectivity index (χ1v) is 8.10. The van der Waals surface area contributed by atoms with Crippen molar-refractivity contribution in [1.82, 2.24) is 4.31 Å². The molecule has 6 heteroatoms. The molecule has 2 N–H and O–H groups in total. The summed E-state index contributed by atoms with van der Waals surface area (Å²) in [6, 6.07) is 6.70. The summed E-state index contributed by atoms with van der Waals surface area (Å²) < 4.78 is 25.6. The van der Waals surface area contributed by atoms with E-state index in [1.54, 1.807) is 43.1 Å². The van der Waals surface area contributed by atoms with E-state index in [-0.39, 0.29) is 0 Å². The van der Waals surface area contributed by atoms with Crippen LogP contribution in [0.4, 0.5) is 0 Å². The van der Waals surface area contributed by atoms with Gasteiger partial charge in [-0.1, -0.05) is 12.1 Å². The van der Waals surface area contributed by atoms with Crippen molar-refractivity contribution in [2.24, 2.45) is 5.73 Å². The molecule has 0 aliphatic heterocycles. The first kappa shape index (κ1) is 14.5. The molecule has 0 atom stereocenters. The standard InChI is InChI=1S/C11H18N2O2S2/c1-13(7-8-16-2)17(14,15)11-5-3-10(9-12)4-6-11/h3-6H,7-9,12H2,1-2H3. The van der Waals surface area contributed by atoms with Crippen LogP contribution in [0.5, 0.6) is 0 Å². The van der Waals surface area contributed by atoms with Crippen LogP contribution >= 0.6 is 11.8 Å². The number of rotatable bonds is 6. The highest BCUT2D eigenvalue weighted by atomic mass is 32.2. The minimum absolute atomic E-state index is 0.318. The zero-order chi connectivity index (χ0) is 12.9. The van der Waals surface area contributed by atoms with Crippen LogP contribution in [-0.2, 0) is 16.6 Å². The van der Waals surface area contributed by atoms with Crippen molar-refractivity contribution >= 4 is 21.8 Å². The number of nitrogens with zero attached hydrogens (tertiary/aromatic N) is 1. The Morgan fingerprint density at radius 3 is 2.35 bits per heavy atom. The lowest BCUT2D eigenvalue weighted by Gasteiger charge is -2.16. The molecule has 0 saturated heterocycles. The Morgan fingerprint density at radius 1 is 1.29 bits per heavy atom. The van der Waals surface area contributed by atoms with Crippen molar-refractivity contribution in [1.29, 1.82) is 0 Å². The van der Waals surface area contributed by atoms with Gasteiger partial charge < -0.3 is 5.73 Å². The van der Waals surface area contributed by atoms with Crippen molar-refractivity contribution in [3.63, 3.8) is 0 Å². The van der Waals surface area contributed by atoms with E-state index in [2.05, 4.69) is 0 Å². The topological polar surface area (TPSA) is 63.4 Å². The van der Waals surface area contributed by atoms with E-state index in [4.69, 9.17) is 5.73 Å². The van der Waals surface area contributed by atoms with Crippen LogP contribution in [0.25, 0.3) is 0 Å². The molecule has 0 radical (unpaired) electrons. The van der Waals surface area contributed by atoms with Gasteiger partial charge in [0.1, 0.15) is 0 Å². The fraction of sp³-hybridized carbons (Fsp3) is 0.455. The monoisotopic (exact) mass is 274 g/mol. The molecule has 0 fully saturated rings. The maximum atomic E-state index is 12.1. The van der Waals surface area contributed by atoms with E-state index < -0.39 is 10.0 Å². The second kappa shape index (κ2) is 6.39. The second-order valence-electron chi connectivity index (χ2n) is 3.67. The summed E-state index contributed by atoms with van der Waals surface area (Å²) in [6.45, 7) is 0.935. The van der Waals surface area contributed by atoms with Gasteiger partial charge in [-0.3, -0.25) is 0 Å². The van der Waals surface area contributed by atoms with Gasteiger partial charge >= 0.3 is 0 Å². The van der Waals surface area contributed by atoms with Crippen LogP contribution in [0.15, 0.2) is 29.2 Å². The smallest absolute Gasteiger partial charge is 0.242 e. The molecular formula is C11H18N2O2S2. The fourth-order valence-corrected chi connectivity index (χ4v) is 3.06. The van der Waals surface area contributed by atoms with Crippen LogP contribution in [0.2, 0.25) is 0 Å². The van der Waals surface area contributed by atoms with Crippen molar-refractivity contribution in [3.05, 3.63) is 29.8 Å². The van der Waals surface area contributed by atoms with Gasteiger partial charge in [0.15, 0.2) is 0 Å². The molecule has 1 aromatic carbocycles. The first-order valence-electron chi connectivity index (χ1n) is 5.26. The molecule has 0 aliphatic carbocycles. The van der Waals surface area contributed by atoms with Crippen LogP contribution in [0, 0.1) is 0 Å². The van der Waals surface area contributed by atoms with Gasteiger partial charge in [-0.2, -0.15) is 11.8 Å². The number of nitrogens with two attached hydrogens (primary N) is 1. The van der Waals surface area contributed by atoms with Crippen LogP contribution in [0.1, 0.15) is 5.56 Å². The Bertz CT molecular complexity index is 443. The number of benzene rings is 1. The largest absolute Gasteiger partial charge is 0.326 e. The predicted octanol–water partition coefficient (Wildman–Crippen LogP) is 1.13. The molecular weight excluding hydrogens is 256 g/mol. The molecule has 0 spiro atoms. The summed E-state index contributed by atoms with van der Waals surface area (Å²) in [5.74, 6) is 0.788. The Balaban J connectivity index is 2.88. The Morgan fingerprint density at radius 2 is 1.88 bits per heavy atom. The molecule has 0 aliphatic rings. The minimum Gasteiger partial charge on any atom is -0.326 e. The van der Waals surface area contributed by atoms with Crippen molar-refractivity contribution in [2.45, 2.75) is 11.4 Å². The van der Waals surface area contributed by atoms with E-state index in [1.807, 2.05) is 6.26 Å². The normalized spacial score (nSPS) is 12.0. The summed E-state index contributed by atoms with van der Waals surface area (Å²) in [6.07, 6.45) is 1.95. The molecule has 0 amide bonds. The van der Waals surface area contributed by atoms with Crippen LogP contribution < -0.4 is 5.73 Å². The quantitative estimate of drug-likeness (QED) is 0.844. The second-order valence-corrected chi connectivity index (χ2v) is 6.70. The highest BCUT2D eigenvalue weighted by Gasteiger charge is 2.19. The van der Waals surface area contributed by atoms with Gasteiger partial charge in [0.05, 0.1) is 4.90 Å². The van der Waals surface area contributed by atoms with E-state index in [0.717, 1.165) is 11.3 Å². The van der Waals surface area contributed by atoms with Gasteiger partial charge in [0, 0.05) is 25.9 Å². The molecule has 0 bridgehead atoms. The fourth-order valence-electron chi connectivity index (χ4n) is 1.32. The highest BCUT2D eigenvalue weighted by Crippen LogP contribution is 2.15. The third-order valence-electron chi connectivity index (χ3n) is 2.48. The number of hydrogen-bond donors (Lipinski definition) is 1. The van der Waals surface area contributed by atoms with Gasteiger partial charge in [0.25, 0.3) is 0 Å². The van der Waals surface area contributed by atoms with Crippen molar-refractivity contribution < 1.29 is 8.42 Å². The minimum atomic E-state index is -3.36. The molecule has 0 heterocycles. The lowest BCUT2D eigenvalue weighted by molar-refractivity contribution is 0.488. The van der Waals surface area contributed by atoms with Crippen molar-refractivity contribution in [3.8, 4) is 0 Å². The van der Waals surface area contributed by atoms with Gasteiger partial charge in [-0.05, 0) is 24.0 Å².